The first kappa shape index (κ1) is 16.5. The Morgan fingerprint density at radius 3 is 2.71 bits per heavy atom. The smallest absolute Gasteiger partial charge is 0.247 e. The summed E-state index contributed by atoms with van der Waals surface area (Å²) in [5, 5.41) is 2.65. The van der Waals surface area contributed by atoms with E-state index in [2.05, 4.69) is 5.32 Å². The Labute approximate surface area is 144 Å². The normalized spacial score (nSPS) is 17.2. The van der Waals surface area contributed by atoms with Gasteiger partial charge in [-0.3, -0.25) is 9.59 Å². The fraction of sp³-hybridized carbons (Fsp3) is 0.222. The van der Waals surface area contributed by atoms with Crippen LogP contribution in [0, 0.1) is 5.82 Å². The molecule has 0 aromatic heterocycles. The molecule has 2 aromatic rings. The average Bonchev–Trinajstić information content (AvgIpc) is 2.93. The van der Waals surface area contributed by atoms with Crippen LogP contribution < -0.4 is 5.32 Å². The maximum Gasteiger partial charge on any atom is 0.247 e. The van der Waals surface area contributed by atoms with Crippen molar-refractivity contribution in [2.24, 2.45) is 0 Å². The van der Waals surface area contributed by atoms with E-state index in [1.807, 2.05) is 30.3 Å². The average molecular weight is 347 g/mol. The second kappa shape index (κ2) is 7.01. The fourth-order valence-corrected chi connectivity index (χ4v) is 2.96. The van der Waals surface area contributed by atoms with E-state index in [-0.39, 0.29) is 16.8 Å². The molecule has 1 heterocycles. The van der Waals surface area contributed by atoms with Gasteiger partial charge in [-0.25, -0.2) is 4.39 Å². The van der Waals surface area contributed by atoms with E-state index in [1.165, 1.54) is 18.2 Å². The molecule has 1 N–H and O–H groups in total. The van der Waals surface area contributed by atoms with E-state index in [4.69, 9.17) is 11.6 Å². The molecule has 0 spiro atoms. The van der Waals surface area contributed by atoms with Gasteiger partial charge in [-0.05, 0) is 30.2 Å². The molecule has 1 aliphatic heterocycles. The van der Waals surface area contributed by atoms with E-state index in [0.717, 1.165) is 5.56 Å². The molecule has 4 nitrogen and oxygen atoms in total. The van der Waals surface area contributed by atoms with Gasteiger partial charge in [-0.1, -0.05) is 41.9 Å². The van der Waals surface area contributed by atoms with Crippen LogP contribution in [0.25, 0.3) is 0 Å². The van der Waals surface area contributed by atoms with E-state index >= 15 is 0 Å². The highest BCUT2D eigenvalue weighted by atomic mass is 35.5. The van der Waals surface area contributed by atoms with Crippen LogP contribution in [-0.4, -0.2) is 22.8 Å². The lowest BCUT2D eigenvalue weighted by molar-refractivity contribution is -0.133. The summed E-state index contributed by atoms with van der Waals surface area (Å²) < 4.78 is 13.2. The van der Waals surface area contributed by atoms with Crippen molar-refractivity contribution in [1.82, 2.24) is 4.90 Å². The van der Waals surface area contributed by atoms with E-state index in [1.54, 1.807) is 4.90 Å². The molecule has 1 aliphatic rings. The molecule has 1 saturated heterocycles. The lowest BCUT2D eigenvalue weighted by Gasteiger charge is -2.24. The molecule has 24 heavy (non-hydrogen) atoms. The van der Waals surface area contributed by atoms with E-state index < -0.39 is 11.9 Å². The fourth-order valence-electron chi connectivity index (χ4n) is 2.78. The summed E-state index contributed by atoms with van der Waals surface area (Å²) in [5.41, 5.74) is 1.38. The Balaban J connectivity index is 1.72. The Morgan fingerprint density at radius 1 is 1.25 bits per heavy atom. The Morgan fingerprint density at radius 2 is 2.00 bits per heavy atom. The van der Waals surface area contributed by atoms with Gasteiger partial charge in [-0.15, -0.1) is 0 Å². The topological polar surface area (TPSA) is 49.4 Å². The van der Waals surface area contributed by atoms with E-state index in [9.17, 15) is 14.0 Å². The number of benzene rings is 2. The monoisotopic (exact) mass is 346 g/mol. The van der Waals surface area contributed by atoms with Gasteiger partial charge in [0.25, 0.3) is 0 Å². The Bertz CT molecular complexity index is 767. The third kappa shape index (κ3) is 3.57. The van der Waals surface area contributed by atoms with Gasteiger partial charge in [0, 0.05) is 18.7 Å². The number of nitrogens with one attached hydrogen (secondary N) is 1. The molecule has 1 unspecified atom stereocenters. The molecule has 6 heteroatoms. The molecule has 1 fully saturated rings. The first-order valence-electron chi connectivity index (χ1n) is 7.64. The van der Waals surface area contributed by atoms with E-state index in [0.29, 0.717) is 25.1 Å². The minimum absolute atomic E-state index is 0.0452. The zero-order valence-corrected chi connectivity index (χ0v) is 13.6. The third-order valence-electron chi connectivity index (χ3n) is 4.01. The Kier molecular flexibility index (Phi) is 4.81. The van der Waals surface area contributed by atoms with Crippen LogP contribution in [-0.2, 0) is 16.1 Å². The van der Waals surface area contributed by atoms with Crippen LogP contribution in [0.2, 0.25) is 5.02 Å². The second-order valence-corrected chi connectivity index (χ2v) is 6.09. The maximum absolute atomic E-state index is 13.2. The highest BCUT2D eigenvalue weighted by molar-refractivity contribution is 6.31. The number of hydrogen-bond acceptors (Lipinski definition) is 2. The molecular weight excluding hydrogens is 331 g/mol. The number of carbonyl (C=O) groups is 2. The summed E-state index contributed by atoms with van der Waals surface area (Å²) in [7, 11) is 0. The highest BCUT2D eigenvalue weighted by Crippen LogP contribution is 2.24. The number of carbonyl (C=O) groups excluding carboxylic acids is 2. The molecule has 2 amide bonds. The van der Waals surface area contributed by atoms with Crippen molar-refractivity contribution in [1.29, 1.82) is 0 Å². The minimum Gasteiger partial charge on any atom is -0.326 e. The number of likely N-dealkylation sites (tertiary alicyclic amines) is 1. The molecule has 3 rings (SSSR count). The molecule has 0 saturated carbocycles. The van der Waals surface area contributed by atoms with Crippen LogP contribution in [0.1, 0.15) is 18.4 Å². The van der Waals surface area contributed by atoms with Crippen molar-refractivity contribution in [3.63, 3.8) is 0 Å². The lowest BCUT2D eigenvalue weighted by Crippen LogP contribution is -2.41. The summed E-state index contributed by atoms with van der Waals surface area (Å²) in [6.45, 7) is 0.391. The number of anilines is 1. The Hall–Kier alpha value is -2.40. The van der Waals surface area contributed by atoms with Crippen molar-refractivity contribution in [3.8, 4) is 0 Å². The highest BCUT2D eigenvalue weighted by Gasteiger charge is 2.35. The van der Waals surface area contributed by atoms with Gasteiger partial charge >= 0.3 is 0 Å². The van der Waals surface area contributed by atoms with Crippen molar-refractivity contribution < 1.29 is 14.0 Å². The summed E-state index contributed by atoms with van der Waals surface area (Å²) in [4.78, 5) is 26.2. The summed E-state index contributed by atoms with van der Waals surface area (Å²) in [6, 6.07) is 13.0. The second-order valence-electron chi connectivity index (χ2n) is 5.68. The van der Waals surface area contributed by atoms with Crippen molar-refractivity contribution >= 4 is 29.1 Å². The minimum atomic E-state index is -0.545. The number of halogens is 2. The third-order valence-corrected chi connectivity index (χ3v) is 4.30. The number of rotatable bonds is 4. The molecule has 1 atom stereocenters. The molecule has 2 aromatic carbocycles. The number of amides is 2. The molecular formula is C18H16ClFN2O2. The predicted molar refractivity (Wildman–Crippen MR) is 90.1 cm³/mol. The van der Waals surface area contributed by atoms with Gasteiger partial charge in [0.15, 0.2) is 0 Å². The number of nitrogens with zero attached hydrogens (tertiary/aromatic N) is 1. The first-order valence-corrected chi connectivity index (χ1v) is 8.01. The zero-order valence-electron chi connectivity index (χ0n) is 12.8. The van der Waals surface area contributed by atoms with Crippen LogP contribution in [0.4, 0.5) is 10.1 Å². The maximum atomic E-state index is 13.2. The number of hydrogen-bond donors (Lipinski definition) is 1. The van der Waals surface area contributed by atoms with Crippen LogP contribution in [0.3, 0.4) is 0 Å². The first-order chi connectivity index (χ1) is 11.5. The zero-order chi connectivity index (χ0) is 17.1. The van der Waals surface area contributed by atoms with Gasteiger partial charge in [0.1, 0.15) is 11.9 Å². The predicted octanol–water partition coefficient (Wildman–Crippen LogP) is 3.61. The molecule has 0 aliphatic carbocycles. The van der Waals surface area contributed by atoms with Crippen LogP contribution >= 0.6 is 11.6 Å². The largest absolute Gasteiger partial charge is 0.326 e. The summed E-state index contributed by atoms with van der Waals surface area (Å²) >= 11 is 5.73. The SMILES string of the molecule is O=C(Nc1ccc(F)c(Cl)c1)C1CCC(=O)N1Cc1ccccc1. The van der Waals surface area contributed by atoms with Gasteiger partial charge in [0.05, 0.1) is 5.02 Å². The quantitative estimate of drug-likeness (QED) is 0.919. The van der Waals surface area contributed by atoms with Gasteiger partial charge in [0.2, 0.25) is 11.8 Å². The van der Waals surface area contributed by atoms with Crippen molar-refractivity contribution in [2.75, 3.05) is 5.32 Å². The van der Waals surface area contributed by atoms with Crippen molar-refractivity contribution in [2.45, 2.75) is 25.4 Å². The lowest BCUT2D eigenvalue weighted by atomic mass is 10.1. The van der Waals surface area contributed by atoms with Crippen molar-refractivity contribution in [3.05, 3.63) is 64.9 Å². The van der Waals surface area contributed by atoms with Crippen LogP contribution in [0.5, 0.6) is 0 Å². The standard InChI is InChI=1S/C18H16ClFN2O2/c19-14-10-13(6-7-15(14)20)21-18(24)16-8-9-17(23)22(16)11-12-4-2-1-3-5-12/h1-7,10,16H,8-9,11H2,(H,21,24). The molecule has 0 radical (unpaired) electrons. The molecule has 124 valence electrons. The molecule has 0 bridgehead atoms. The summed E-state index contributed by atoms with van der Waals surface area (Å²) in [6.07, 6.45) is 0.807. The van der Waals surface area contributed by atoms with Gasteiger partial charge < -0.3 is 10.2 Å². The van der Waals surface area contributed by atoms with Crippen LogP contribution in [0.15, 0.2) is 48.5 Å². The summed E-state index contributed by atoms with van der Waals surface area (Å²) in [5.74, 6) is -0.882. The van der Waals surface area contributed by atoms with Gasteiger partial charge in [-0.2, -0.15) is 0 Å².